The van der Waals surface area contributed by atoms with Crippen LogP contribution in [-0.4, -0.2) is 11.8 Å². The molecule has 0 unspecified atom stereocenters. The summed E-state index contributed by atoms with van der Waals surface area (Å²) in [5.41, 5.74) is 17.9. The standard InChI is InChI=1S/C57H44BN2S2/c1-32-18-21-34(22-19-32)59-46-15-9-6-12-35(46)41-27-39(33-20-23-38-36-13-7-10-16-49(36)61-51(38)26-33)53-42-28-43-44(57(4,5)25-24-56(43,2)3)30-47(42)60-48-29-40-37-14-8-11-17-50(37)62-52(40)31-45(48)58-54(41)55(53)60/h6-23,26-31,59H,24-25H2,1-5H3. The van der Waals surface area contributed by atoms with Crippen LogP contribution < -0.4 is 16.2 Å². The van der Waals surface area contributed by atoms with Gasteiger partial charge in [0.1, 0.15) is 0 Å². The Kier molecular flexibility index (Phi) is 7.63. The van der Waals surface area contributed by atoms with Gasteiger partial charge in [-0.1, -0.05) is 118 Å². The van der Waals surface area contributed by atoms with E-state index >= 15 is 0 Å². The summed E-state index contributed by atoms with van der Waals surface area (Å²) in [5.74, 6) is 0. The second-order valence-electron chi connectivity index (χ2n) is 19.1. The molecule has 11 aromatic rings. The van der Waals surface area contributed by atoms with E-state index in [0.717, 1.165) is 11.4 Å². The molecule has 1 aliphatic carbocycles. The minimum Gasteiger partial charge on any atom is -0.355 e. The van der Waals surface area contributed by atoms with E-state index < -0.39 is 0 Å². The van der Waals surface area contributed by atoms with Crippen LogP contribution in [-0.2, 0) is 10.8 Å². The average Bonchev–Trinajstić information content (AvgIpc) is 3.95. The van der Waals surface area contributed by atoms with Gasteiger partial charge in [-0.15, -0.1) is 22.7 Å². The van der Waals surface area contributed by atoms with Crippen molar-refractivity contribution in [3.05, 3.63) is 162 Å². The number of rotatable bonds is 4. The van der Waals surface area contributed by atoms with Crippen molar-refractivity contribution < 1.29 is 0 Å². The predicted molar refractivity (Wildman–Crippen MR) is 272 cm³/mol. The maximum atomic E-state index is 3.85. The molecule has 1 aliphatic heterocycles. The molecule has 0 amide bonds. The van der Waals surface area contributed by atoms with Crippen molar-refractivity contribution in [1.82, 2.24) is 4.57 Å². The fourth-order valence-corrected chi connectivity index (χ4v) is 13.2. The van der Waals surface area contributed by atoms with Gasteiger partial charge in [0.05, 0.1) is 5.52 Å². The molecule has 297 valence electrons. The number of hydrogen-bond donors (Lipinski definition) is 1. The Hall–Kier alpha value is -6.14. The van der Waals surface area contributed by atoms with E-state index in [4.69, 9.17) is 0 Å². The minimum absolute atomic E-state index is 0.0660. The van der Waals surface area contributed by atoms with Gasteiger partial charge in [-0.05, 0) is 131 Å². The fraction of sp³-hybridized carbons (Fsp3) is 0.158. The van der Waals surface area contributed by atoms with Crippen molar-refractivity contribution in [3.63, 3.8) is 0 Å². The Morgan fingerprint density at radius 2 is 1.19 bits per heavy atom. The van der Waals surface area contributed by atoms with Crippen molar-refractivity contribution in [2.24, 2.45) is 0 Å². The number of anilines is 2. The molecule has 2 aliphatic rings. The van der Waals surface area contributed by atoms with Crippen molar-refractivity contribution in [2.75, 3.05) is 5.32 Å². The lowest BCUT2D eigenvalue weighted by Crippen LogP contribution is -2.37. The van der Waals surface area contributed by atoms with E-state index in [2.05, 4.69) is 197 Å². The molecular formula is C57H44BN2S2. The third kappa shape index (κ3) is 5.28. The first kappa shape index (κ1) is 36.5. The topological polar surface area (TPSA) is 17.0 Å². The molecule has 13 rings (SSSR count). The van der Waals surface area contributed by atoms with E-state index in [9.17, 15) is 0 Å². The summed E-state index contributed by atoms with van der Waals surface area (Å²) >= 11 is 3.80. The Morgan fingerprint density at radius 3 is 1.95 bits per heavy atom. The molecule has 5 heteroatoms. The Balaban J connectivity index is 1.19. The second kappa shape index (κ2) is 13.0. The third-order valence-corrected chi connectivity index (χ3v) is 16.6. The van der Waals surface area contributed by atoms with E-state index in [1.165, 1.54) is 131 Å². The van der Waals surface area contributed by atoms with Crippen LogP contribution in [0.25, 0.3) is 90.1 Å². The third-order valence-electron chi connectivity index (χ3n) is 14.3. The molecule has 0 spiro atoms. The van der Waals surface area contributed by atoms with Gasteiger partial charge in [-0.3, -0.25) is 0 Å². The Labute approximate surface area is 370 Å². The van der Waals surface area contributed by atoms with E-state index in [1.54, 1.807) is 0 Å². The van der Waals surface area contributed by atoms with Crippen LogP contribution >= 0.6 is 22.7 Å². The summed E-state index contributed by atoms with van der Waals surface area (Å²) in [6.45, 7) is 12.0. The molecule has 0 saturated carbocycles. The van der Waals surface area contributed by atoms with Gasteiger partial charge in [0, 0.05) is 79.3 Å². The molecule has 0 atom stereocenters. The van der Waals surface area contributed by atoms with Gasteiger partial charge < -0.3 is 9.88 Å². The van der Waals surface area contributed by atoms with Crippen LogP contribution in [0.2, 0.25) is 0 Å². The zero-order chi connectivity index (χ0) is 41.6. The molecule has 62 heavy (non-hydrogen) atoms. The van der Waals surface area contributed by atoms with Crippen molar-refractivity contribution in [1.29, 1.82) is 0 Å². The van der Waals surface area contributed by atoms with E-state index in [0.29, 0.717) is 0 Å². The lowest BCUT2D eigenvalue weighted by molar-refractivity contribution is 0.332. The highest BCUT2D eigenvalue weighted by atomic mass is 32.1. The van der Waals surface area contributed by atoms with Gasteiger partial charge in [-0.2, -0.15) is 0 Å². The number of aryl methyl sites for hydroxylation is 1. The smallest absolute Gasteiger partial charge is 0.197 e. The number of para-hydroxylation sites is 1. The van der Waals surface area contributed by atoms with Crippen molar-refractivity contribution in [2.45, 2.75) is 58.3 Å². The van der Waals surface area contributed by atoms with Gasteiger partial charge in [0.25, 0.3) is 0 Å². The maximum Gasteiger partial charge on any atom is 0.197 e. The molecule has 1 N–H and O–H groups in total. The highest BCUT2D eigenvalue weighted by molar-refractivity contribution is 7.26. The van der Waals surface area contributed by atoms with Gasteiger partial charge in [0.15, 0.2) is 7.28 Å². The largest absolute Gasteiger partial charge is 0.355 e. The Morgan fingerprint density at radius 1 is 0.548 bits per heavy atom. The minimum atomic E-state index is 0.0660. The van der Waals surface area contributed by atoms with Crippen LogP contribution in [0.3, 0.4) is 0 Å². The predicted octanol–water partition coefficient (Wildman–Crippen LogP) is 15.2. The molecule has 4 heterocycles. The fourth-order valence-electron chi connectivity index (χ4n) is 10.9. The molecule has 2 nitrogen and oxygen atoms in total. The van der Waals surface area contributed by atoms with E-state index in [1.807, 2.05) is 22.7 Å². The monoisotopic (exact) mass is 831 g/mol. The first-order chi connectivity index (χ1) is 30.1. The SMILES string of the molecule is Cc1ccc(Nc2ccccc2-c2cc(-c3ccc4c(c3)sc3ccccc34)c3c4cc5c(cc4n4c3c2[B]c2cc3sc6ccccc6c3cc2-4)C(C)(C)CCC5(C)C)cc1. The first-order valence-electron chi connectivity index (χ1n) is 21.9. The van der Waals surface area contributed by atoms with Crippen LogP contribution in [0.4, 0.5) is 11.4 Å². The summed E-state index contributed by atoms with van der Waals surface area (Å²) in [6, 6.07) is 55.3. The normalized spacial score (nSPS) is 15.1. The zero-order valence-corrected chi connectivity index (χ0v) is 37.2. The summed E-state index contributed by atoms with van der Waals surface area (Å²) in [4.78, 5) is 0. The number of nitrogens with one attached hydrogen (secondary N) is 1. The highest BCUT2D eigenvalue weighted by Crippen LogP contribution is 2.51. The summed E-state index contributed by atoms with van der Waals surface area (Å²) in [7, 11) is 2.51. The molecular weight excluding hydrogens is 788 g/mol. The average molecular weight is 832 g/mol. The number of aromatic nitrogens is 1. The number of thiophene rings is 2. The maximum absolute atomic E-state index is 3.85. The lowest BCUT2D eigenvalue weighted by atomic mass is 9.58. The summed E-state index contributed by atoms with van der Waals surface area (Å²) in [5, 5.41) is 11.8. The summed E-state index contributed by atoms with van der Waals surface area (Å²) in [6.07, 6.45) is 2.35. The molecule has 8 aromatic carbocycles. The number of nitrogens with zero attached hydrogens (tertiary/aromatic N) is 1. The number of benzene rings is 8. The van der Waals surface area contributed by atoms with Gasteiger partial charge >= 0.3 is 0 Å². The molecule has 0 saturated heterocycles. The molecule has 1 radical (unpaired) electrons. The number of fused-ring (bicyclic) bond motifs is 12. The molecule has 3 aromatic heterocycles. The van der Waals surface area contributed by atoms with Crippen LogP contribution in [0, 0.1) is 6.92 Å². The first-order valence-corrected chi connectivity index (χ1v) is 23.6. The zero-order valence-electron chi connectivity index (χ0n) is 35.6. The van der Waals surface area contributed by atoms with Crippen molar-refractivity contribution >= 4 is 114 Å². The van der Waals surface area contributed by atoms with Crippen molar-refractivity contribution in [3.8, 4) is 27.9 Å². The highest BCUT2D eigenvalue weighted by Gasteiger charge is 2.39. The van der Waals surface area contributed by atoms with E-state index in [-0.39, 0.29) is 10.8 Å². The Bertz CT molecular complexity index is 3710. The van der Waals surface area contributed by atoms with Crippen LogP contribution in [0.15, 0.2) is 146 Å². The molecule has 0 bridgehead atoms. The van der Waals surface area contributed by atoms with Crippen LogP contribution in [0.1, 0.15) is 57.2 Å². The molecule has 0 fully saturated rings. The van der Waals surface area contributed by atoms with Gasteiger partial charge in [0.2, 0.25) is 0 Å². The van der Waals surface area contributed by atoms with Gasteiger partial charge in [-0.25, -0.2) is 0 Å². The lowest BCUT2D eigenvalue weighted by Gasteiger charge is -2.42. The summed E-state index contributed by atoms with van der Waals surface area (Å²) < 4.78 is 7.98. The second-order valence-corrected chi connectivity index (χ2v) is 21.3. The van der Waals surface area contributed by atoms with Crippen LogP contribution in [0.5, 0.6) is 0 Å². The number of hydrogen-bond acceptors (Lipinski definition) is 3. The quantitative estimate of drug-likeness (QED) is 0.175.